The average Bonchev–Trinajstić information content (AvgIpc) is 2.47. The van der Waals surface area contributed by atoms with Crippen LogP contribution in [0.5, 0.6) is 0 Å². The molecule has 1 aliphatic carbocycles. The van der Waals surface area contributed by atoms with E-state index >= 15 is 0 Å². The molecule has 0 radical (unpaired) electrons. The molecule has 1 fully saturated rings. The Hall–Kier alpha value is -0.616. The summed E-state index contributed by atoms with van der Waals surface area (Å²) in [4.78, 5) is 12.8. The topological polar surface area (TPSA) is 26.3 Å². The van der Waals surface area contributed by atoms with E-state index in [0.29, 0.717) is 5.78 Å². The molecule has 0 aromatic carbocycles. The van der Waals surface area contributed by atoms with E-state index in [1.54, 1.807) is 0 Å². The first-order chi connectivity index (χ1) is 8.14. The van der Waals surface area contributed by atoms with Crippen LogP contribution in [0.3, 0.4) is 0 Å². The van der Waals surface area contributed by atoms with E-state index in [-0.39, 0.29) is 0 Å². The zero-order chi connectivity index (χ0) is 13.7. The molecule has 18 heavy (non-hydrogen) atoms. The number of hydrogen-bond donors (Lipinski definition) is 0. The van der Waals surface area contributed by atoms with Gasteiger partial charge in [0.2, 0.25) is 0 Å². The van der Waals surface area contributed by atoms with E-state index < -0.39 is 16.1 Å². The molecule has 1 heterocycles. The van der Waals surface area contributed by atoms with Gasteiger partial charge in [-0.3, -0.25) is 4.79 Å². The van der Waals surface area contributed by atoms with Gasteiger partial charge in [0.15, 0.2) is 5.78 Å². The molecule has 0 amide bonds. The Bertz CT molecular complexity index is 417. The molecule has 0 spiro atoms. The number of ether oxygens (including phenoxy) is 1. The van der Waals surface area contributed by atoms with Crippen LogP contribution in [0, 0.1) is 0 Å². The van der Waals surface area contributed by atoms with Crippen LogP contribution in [0.15, 0.2) is 21.7 Å². The van der Waals surface area contributed by atoms with E-state index in [2.05, 4.69) is 39.3 Å². The summed E-state index contributed by atoms with van der Waals surface area (Å²) in [7, 11) is -3.22. The van der Waals surface area contributed by atoms with E-state index in [9.17, 15) is 4.79 Å². The molecule has 0 saturated carbocycles. The van der Waals surface area contributed by atoms with Crippen molar-refractivity contribution in [2.45, 2.75) is 52.1 Å². The predicted molar refractivity (Wildman–Crippen MR) is 80.9 cm³/mol. The zero-order valence-electron chi connectivity index (χ0n) is 12.4. The molecule has 0 atom stereocenters. The standard InChI is InChI=1S/C14H24O2Si2/c1-17(2,3)13-10-8-7-9-16-12(10)14(11(13)15)18(4,5)6/h7-9H2,1-6H3. The molecule has 2 rings (SSSR count). The molecule has 100 valence electrons. The molecule has 0 bridgehead atoms. The van der Waals surface area contributed by atoms with Crippen LogP contribution in [-0.4, -0.2) is 28.5 Å². The smallest absolute Gasteiger partial charge is 0.181 e. The van der Waals surface area contributed by atoms with Gasteiger partial charge in [0.05, 0.1) is 22.8 Å². The molecule has 2 nitrogen and oxygen atoms in total. The van der Waals surface area contributed by atoms with Crippen LogP contribution in [0.2, 0.25) is 39.3 Å². The van der Waals surface area contributed by atoms with Crippen molar-refractivity contribution in [2.75, 3.05) is 6.61 Å². The van der Waals surface area contributed by atoms with Crippen molar-refractivity contribution in [3.63, 3.8) is 0 Å². The normalized spacial score (nSPS) is 21.3. The number of rotatable bonds is 2. The minimum Gasteiger partial charge on any atom is -0.493 e. The van der Waals surface area contributed by atoms with Crippen LogP contribution in [0.1, 0.15) is 12.8 Å². The maximum Gasteiger partial charge on any atom is 0.181 e. The van der Waals surface area contributed by atoms with Gasteiger partial charge in [-0.25, -0.2) is 0 Å². The first-order valence-corrected chi connectivity index (χ1v) is 13.8. The van der Waals surface area contributed by atoms with E-state index in [0.717, 1.165) is 35.6 Å². The maximum absolute atomic E-state index is 12.8. The SMILES string of the molecule is C[Si](C)(C)C1=C2CCCOC2=C([Si](C)(C)C)C1=O. The highest BCUT2D eigenvalue weighted by Gasteiger charge is 2.44. The number of hydrogen-bond acceptors (Lipinski definition) is 2. The first-order valence-electron chi connectivity index (χ1n) is 6.80. The highest BCUT2D eigenvalue weighted by Crippen LogP contribution is 2.42. The summed E-state index contributed by atoms with van der Waals surface area (Å²) < 4.78 is 5.89. The Morgan fingerprint density at radius 1 is 0.944 bits per heavy atom. The number of allylic oxidation sites excluding steroid dienone is 3. The second-order valence-electron chi connectivity index (χ2n) is 7.34. The lowest BCUT2D eigenvalue weighted by Gasteiger charge is -2.23. The molecular formula is C14H24O2Si2. The molecule has 1 saturated heterocycles. The van der Waals surface area contributed by atoms with Crippen molar-refractivity contribution in [1.29, 1.82) is 0 Å². The van der Waals surface area contributed by atoms with Gasteiger partial charge in [-0.05, 0) is 23.6 Å². The highest BCUT2D eigenvalue weighted by molar-refractivity contribution is 6.94. The van der Waals surface area contributed by atoms with Crippen molar-refractivity contribution >= 4 is 21.9 Å². The number of fused-ring (bicyclic) bond motifs is 1. The van der Waals surface area contributed by atoms with Crippen LogP contribution in [0.25, 0.3) is 0 Å². The van der Waals surface area contributed by atoms with E-state index in [1.165, 1.54) is 5.57 Å². The first kappa shape index (κ1) is 13.8. The van der Waals surface area contributed by atoms with Crippen LogP contribution < -0.4 is 0 Å². The van der Waals surface area contributed by atoms with E-state index in [1.807, 2.05) is 0 Å². The van der Waals surface area contributed by atoms with Crippen LogP contribution >= 0.6 is 0 Å². The third-order valence-corrected chi connectivity index (χ3v) is 7.56. The quantitative estimate of drug-likeness (QED) is 0.721. The third-order valence-electron chi connectivity index (χ3n) is 3.57. The summed E-state index contributed by atoms with van der Waals surface area (Å²) >= 11 is 0. The van der Waals surface area contributed by atoms with Gasteiger partial charge < -0.3 is 4.74 Å². The lowest BCUT2D eigenvalue weighted by atomic mass is 10.1. The van der Waals surface area contributed by atoms with Crippen LogP contribution in [-0.2, 0) is 9.53 Å². The summed E-state index contributed by atoms with van der Waals surface area (Å²) in [5.41, 5.74) is 1.27. The fourth-order valence-electron chi connectivity index (χ4n) is 2.93. The highest BCUT2D eigenvalue weighted by atomic mass is 28.3. The monoisotopic (exact) mass is 280 g/mol. The minimum absolute atomic E-state index is 0.334. The second kappa shape index (κ2) is 4.20. The lowest BCUT2D eigenvalue weighted by molar-refractivity contribution is -0.111. The number of Topliss-reactive ketones (excluding diaryl/α,β-unsaturated/α-hetero) is 1. The zero-order valence-corrected chi connectivity index (χ0v) is 14.4. The Morgan fingerprint density at radius 2 is 1.50 bits per heavy atom. The van der Waals surface area contributed by atoms with Crippen molar-refractivity contribution < 1.29 is 9.53 Å². The molecule has 0 aromatic heterocycles. The maximum atomic E-state index is 12.8. The molecule has 0 unspecified atom stereocenters. The molecule has 2 aliphatic rings. The summed E-state index contributed by atoms with van der Waals surface area (Å²) in [5, 5.41) is 2.20. The Morgan fingerprint density at radius 3 is 2.00 bits per heavy atom. The fourth-order valence-corrected chi connectivity index (χ4v) is 6.71. The molecular weight excluding hydrogens is 256 g/mol. The summed E-state index contributed by atoms with van der Waals surface area (Å²) in [6.45, 7) is 14.3. The Balaban J connectivity index is 2.59. The number of carbonyl (C=O) groups is 1. The van der Waals surface area contributed by atoms with E-state index in [4.69, 9.17) is 4.74 Å². The molecule has 0 aromatic rings. The molecule has 4 heteroatoms. The number of ketones is 1. The summed E-state index contributed by atoms with van der Waals surface area (Å²) in [6, 6.07) is 0. The predicted octanol–water partition coefficient (Wildman–Crippen LogP) is 3.69. The van der Waals surface area contributed by atoms with Gasteiger partial charge in [-0.2, -0.15) is 0 Å². The van der Waals surface area contributed by atoms with Crippen molar-refractivity contribution in [2.24, 2.45) is 0 Å². The van der Waals surface area contributed by atoms with Gasteiger partial charge >= 0.3 is 0 Å². The van der Waals surface area contributed by atoms with Gasteiger partial charge in [0.1, 0.15) is 5.76 Å². The van der Waals surface area contributed by atoms with Gasteiger partial charge in [-0.15, -0.1) is 0 Å². The minimum atomic E-state index is -1.63. The van der Waals surface area contributed by atoms with Gasteiger partial charge in [-0.1, -0.05) is 39.3 Å². The van der Waals surface area contributed by atoms with Crippen molar-refractivity contribution in [3.8, 4) is 0 Å². The van der Waals surface area contributed by atoms with Crippen molar-refractivity contribution in [3.05, 3.63) is 21.7 Å². The largest absolute Gasteiger partial charge is 0.493 e. The average molecular weight is 281 g/mol. The lowest BCUT2D eigenvalue weighted by Crippen LogP contribution is -2.35. The van der Waals surface area contributed by atoms with Crippen LogP contribution in [0.4, 0.5) is 0 Å². The Kier molecular flexibility index (Phi) is 3.22. The summed E-state index contributed by atoms with van der Waals surface area (Å²) in [6.07, 6.45) is 2.09. The van der Waals surface area contributed by atoms with Gasteiger partial charge in [0.25, 0.3) is 0 Å². The third kappa shape index (κ3) is 2.16. The molecule has 0 N–H and O–H groups in total. The molecule has 1 aliphatic heterocycles. The second-order valence-corrected chi connectivity index (χ2v) is 17.3. The summed E-state index contributed by atoms with van der Waals surface area (Å²) in [5.74, 6) is 1.32. The van der Waals surface area contributed by atoms with Gasteiger partial charge in [0, 0.05) is 5.20 Å². The fraction of sp³-hybridized carbons (Fsp3) is 0.643. The number of carbonyl (C=O) groups excluding carboxylic acids is 1. The Labute approximate surface area is 112 Å². The van der Waals surface area contributed by atoms with Crippen molar-refractivity contribution in [1.82, 2.24) is 0 Å².